The highest BCUT2D eigenvalue weighted by Gasteiger charge is 2.28. The summed E-state index contributed by atoms with van der Waals surface area (Å²) in [4.78, 5) is 0. The third kappa shape index (κ3) is 3.08. The van der Waals surface area contributed by atoms with E-state index in [4.69, 9.17) is 5.41 Å². The van der Waals surface area contributed by atoms with Gasteiger partial charge in [0.2, 0.25) is 0 Å². The van der Waals surface area contributed by atoms with Crippen LogP contribution in [-0.2, 0) is 0 Å². The lowest BCUT2D eigenvalue weighted by Crippen LogP contribution is -2.09. The second kappa shape index (κ2) is 7.00. The summed E-state index contributed by atoms with van der Waals surface area (Å²) in [5, 5.41) is 11.2. The van der Waals surface area contributed by atoms with Crippen molar-refractivity contribution >= 4 is 16.5 Å². The molecule has 0 amide bonds. The van der Waals surface area contributed by atoms with Crippen LogP contribution in [0.25, 0.3) is 10.8 Å². The molecule has 2 aromatic carbocycles. The van der Waals surface area contributed by atoms with E-state index in [9.17, 15) is 0 Å². The van der Waals surface area contributed by atoms with E-state index in [1.54, 1.807) is 0 Å². The predicted molar refractivity (Wildman–Crippen MR) is 110 cm³/mol. The predicted octanol–water partition coefficient (Wildman–Crippen LogP) is 7.17. The highest BCUT2D eigenvalue weighted by Crippen LogP contribution is 2.45. The fourth-order valence-corrected chi connectivity index (χ4v) is 4.06. The van der Waals surface area contributed by atoms with Gasteiger partial charge in [-0.25, -0.2) is 0 Å². The van der Waals surface area contributed by atoms with Gasteiger partial charge in [-0.05, 0) is 85.7 Å². The van der Waals surface area contributed by atoms with Crippen LogP contribution in [0.5, 0.6) is 0 Å². The molecule has 0 spiro atoms. The van der Waals surface area contributed by atoms with Crippen molar-refractivity contribution in [2.24, 2.45) is 0 Å². The number of allylic oxidation sites excluding steroid dienone is 4. The van der Waals surface area contributed by atoms with Crippen LogP contribution in [0.4, 0.5) is 0 Å². The van der Waals surface area contributed by atoms with Crippen molar-refractivity contribution in [3.8, 4) is 0 Å². The largest absolute Gasteiger partial charge is 0.305 e. The van der Waals surface area contributed by atoms with Crippen LogP contribution in [-0.4, -0.2) is 5.71 Å². The molecule has 0 fully saturated rings. The maximum atomic E-state index is 8.71. The molecule has 1 N–H and O–H groups in total. The molecule has 25 heavy (non-hydrogen) atoms. The fourth-order valence-electron chi connectivity index (χ4n) is 4.06. The summed E-state index contributed by atoms with van der Waals surface area (Å²) in [7, 11) is 0. The van der Waals surface area contributed by atoms with Crippen molar-refractivity contribution in [1.29, 1.82) is 5.41 Å². The number of fused-ring (bicyclic) bond motifs is 1. The van der Waals surface area contributed by atoms with Crippen molar-refractivity contribution in [3.05, 3.63) is 69.8 Å². The number of rotatable bonds is 5. The number of nitrogens with one attached hydrogen (secondary N) is 1. The lowest BCUT2D eigenvalue weighted by Gasteiger charge is -2.21. The fraction of sp³-hybridized carbons (Fsp3) is 0.375. The van der Waals surface area contributed by atoms with Crippen LogP contribution < -0.4 is 0 Å². The summed E-state index contributed by atoms with van der Waals surface area (Å²) >= 11 is 0. The number of hydrogen-bond donors (Lipinski definition) is 1. The van der Waals surface area contributed by atoms with Gasteiger partial charge in [0.25, 0.3) is 0 Å². The average Bonchev–Trinajstić information content (AvgIpc) is 2.81. The van der Waals surface area contributed by atoms with Crippen LogP contribution in [0.2, 0.25) is 0 Å². The molecule has 0 saturated heterocycles. The Labute approximate surface area is 152 Å². The Bertz CT molecular complexity index is 871. The van der Waals surface area contributed by atoms with Crippen molar-refractivity contribution in [3.63, 3.8) is 0 Å². The summed E-state index contributed by atoms with van der Waals surface area (Å²) in [6.07, 6.45) is 3.07. The van der Waals surface area contributed by atoms with Gasteiger partial charge in [0.05, 0.1) is 0 Å². The van der Waals surface area contributed by atoms with E-state index in [1.807, 2.05) is 0 Å². The second-order valence-electron chi connectivity index (χ2n) is 7.42. The molecule has 1 nitrogen and oxygen atoms in total. The molecule has 0 aromatic heterocycles. The highest BCUT2D eigenvalue weighted by molar-refractivity contribution is 6.03. The Balaban J connectivity index is 2.21. The van der Waals surface area contributed by atoms with E-state index >= 15 is 0 Å². The minimum atomic E-state index is 0.321. The summed E-state index contributed by atoms with van der Waals surface area (Å²) in [6.45, 7) is 11.2. The van der Waals surface area contributed by atoms with Gasteiger partial charge in [0.1, 0.15) is 0 Å². The van der Waals surface area contributed by atoms with Gasteiger partial charge >= 0.3 is 0 Å². The van der Waals surface area contributed by atoms with Crippen LogP contribution in [0.1, 0.15) is 70.9 Å². The van der Waals surface area contributed by atoms with E-state index in [-0.39, 0.29) is 0 Å². The van der Waals surface area contributed by atoms with Crippen molar-refractivity contribution in [1.82, 2.24) is 0 Å². The Kier molecular flexibility index (Phi) is 4.94. The summed E-state index contributed by atoms with van der Waals surface area (Å²) in [5.74, 6) is 0.321. The first kappa shape index (κ1) is 17.7. The normalized spacial score (nSPS) is 15.6. The molecule has 0 radical (unpaired) electrons. The highest BCUT2D eigenvalue weighted by atomic mass is 14.4. The Morgan fingerprint density at radius 3 is 2.04 bits per heavy atom. The van der Waals surface area contributed by atoms with Crippen molar-refractivity contribution in [2.75, 3.05) is 0 Å². The third-order valence-electron chi connectivity index (χ3n) is 5.95. The van der Waals surface area contributed by atoms with Crippen molar-refractivity contribution in [2.45, 2.75) is 59.8 Å². The van der Waals surface area contributed by atoms with Gasteiger partial charge in [-0.1, -0.05) is 48.8 Å². The zero-order chi connectivity index (χ0) is 18.1. The van der Waals surface area contributed by atoms with Gasteiger partial charge in [0.15, 0.2) is 0 Å². The van der Waals surface area contributed by atoms with Gasteiger partial charge in [-0.15, -0.1) is 0 Å². The molecule has 0 unspecified atom stereocenters. The molecule has 0 saturated carbocycles. The summed E-state index contributed by atoms with van der Waals surface area (Å²) in [5.41, 5.74) is 8.95. The molecule has 130 valence electrons. The Morgan fingerprint density at radius 1 is 0.920 bits per heavy atom. The lowest BCUT2D eigenvalue weighted by atomic mass is 9.82. The molecule has 0 atom stereocenters. The average molecular weight is 332 g/mol. The number of benzene rings is 2. The van der Waals surface area contributed by atoms with E-state index < -0.39 is 0 Å². The SMILES string of the molecule is CCCCC(=N)c1cc2ccccc2cc1C1C(C)=C(C)C(C)=C1C. The van der Waals surface area contributed by atoms with E-state index in [2.05, 4.69) is 71.0 Å². The molecule has 0 heterocycles. The zero-order valence-electron chi connectivity index (χ0n) is 16.2. The van der Waals surface area contributed by atoms with E-state index in [1.165, 1.54) is 38.6 Å². The van der Waals surface area contributed by atoms with Gasteiger partial charge in [-0.3, -0.25) is 0 Å². The Hall–Kier alpha value is -2.15. The minimum Gasteiger partial charge on any atom is -0.305 e. The standard InChI is InChI=1S/C24H29N/c1-6-7-12-23(25)21-13-19-10-8-9-11-20(19)14-22(21)24-17(4)15(2)16(3)18(24)5/h8-11,13-14,24-25H,6-7,12H2,1-5H3. The lowest BCUT2D eigenvalue weighted by molar-refractivity contribution is 0.831. The summed E-state index contributed by atoms with van der Waals surface area (Å²) < 4.78 is 0. The topological polar surface area (TPSA) is 23.9 Å². The van der Waals surface area contributed by atoms with Gasteiger partial charge in [-0.2, -0.15) is 0 Å². The van der Waals surface area contributed by atoms with Crippen LogP contribution in [0.3, 0.4) is 0 Å². The first-order valence-corrected chi connectivity index (χ1v) is 9.41. The smallest absolute Gasteiger partial charge is 0.0389 e. The maximum Gasteiger partial charge on any atom is 0.0389 e. The zero-order valence-corrected chi connectivity index (χ0v) is 16.2. The van der Waals surface area contributed by atoms with Gasteiger partial charge < -0.3 is 5.41 Å². The first-order chi connectivity index (χ1) is 12.0. The maximum absolute atomic E-state index is 8.71. The quantitative estimate of drug-likeness (QED) is 0.562. The molecule has 1 aliphatic carbocycles. The van der Waals surface area contributed by atoms with Crippen LogP contribution in [0.15, 0.2) is 58.7 Å². The molecular weight excluding hydrogens is 302 g/mol. The van der Waals surface area contributed by atoms with E-state index in [0.29, 0.717) is 5.92 Å². The molecule has 0 bridgehead atoms. The molecule has 2 aromatic rings. The van der Waals surface area contributed by atoms with Crippen LogP contribution in [0, 0.1) is 5.41 Å². The Morgan fingerprint density at radius 2 is 1.48 bits per heavy atom. The van der Waals surface area contributed by atoms with Crippen molar-refractivity contribution < 1.29 is 0 Å². The molecular formula is C24H29N. The molecule has 1 aliphatic rings. The molecule has 0 aliphatic heterocycles. The number of unbranched alkanes of at least 4 members (excludes halogenated alkanes) is 1. The molecule has 1 heteroatoms. The molecule has 3 rings (SSSR count). The third-order valence-corrected chi connectivity index (χ3v) is 5.95. The second-order valence-corrected chi connectivity index (χ2v) is 7.42. The first-order valence-electron chi connectivity index (χ1n) is 9.41. The minimum absolute atomic E-state index is 0.321. The van der Waals surface area contributed by atoms with Crippen LogP contribution >= 0.6 is 0 Å². The number of hydrogen-bond acceptors (Lipinski definition) is 1. The monoisotopic (exact) mass is 331 g/mol. The van der Waals surface area contributed by atoms with Gasteiger partial charge in [0, 0.05) is 11.6 Å². The summed E-state index contributed by atoms with van der Waals surface area (Å²) in [6, 6.07) is 13.1. The van der Waals surface area contributed by atoms with E-state index in [0.717, 1.165) is 30.5 Å².